The SMILES string of the molecule is COc1ccc(N(C)C(=O)CC2COCCN2)cc1Cl.Cl. The van der Waals surface area contributed by atoms with Gasteiger partial charge in [-0.25, -0.2) is 0 Å². The first-order valence-electron chi connectivity index (χ1n) is 6.53. The highest BCUT2D eigenvalue weighted by molar-refractivity contribution is 6.32. The lowest BCUT2D eigenvalue weighted by Gasteiger charge is -2.26. The number of ether oxygens (including phenoxy) is 2. The van der Waals surface area contributed by atoms with Crippen LogP contribution < -0.4 is 15.0 Å². The second kappa shape index (κ2) is 8.44. The maximum absolute atomic E-state index is 12.2. The van der Waals surface area contributed by atoms with Gasteiger partial charge in [0, 0.05) is 31.7 Å². The van der Waals surface area contributed by atoms with Gasteiger partial charge < -0.3 is 19.7 Å². The minimum Gasteiger partial charge on any atom is -0.495 e. The number of nitrogens with one attached hydrogen (secondary N) is 1. The molecule has 5 nitrogen and oxygen atoms in total. The molecule has 1 amide bonds. The molecular weight excluding hydrogens is 315 g/mol. The van der Waals surface area contributed by atoms with Gasteiger partial charge in [0.25, 0.3) is 0 Å². The zero-order valence-corrected chi connectivity index (χ0v) is 13.7. The van der Waals surface area contributed by atoms with E-state index in [2.05, 4.69) is 5.32 Å². The molecular formula is C14H20Cl2N2O3. The fraction of sp³-hybridized carbons (Fsp3) is 0.500. The molecule has 0 spiro atoms. The Morgan fingerprint density at radius 2 is 2.33 bits per heavy atom. The van der Waals surface area contributed by atoms with Gasteiger partial charge in [0.1, 0.15) is 5.75 Å². The fourth-order valence-corrected chi connectivity index (χ4v) is 2.36. The molecule has 2 rings (SSSR count). The van der Waals surface area contributed by atoms with Crippen LogP contribution in [0, 0.1) is 0 Å². The Hall–Kier alpha value is -1.01. The molecule has 1 aliphatic heterocycles. The summed E-state index contributed by atoms with van der Waals surface area (Å²) in [7, 11) is 3.30. The summed E-state index contributed by atoms with van der Waals surface area (Å²) in [5.74, 6) is 0.618. The van der Waals surface area contributed by atoms with Crippen LogP contribution in [0.15, 0.2) is 18.2 Å². The second-order valence-electron chi connectivity index (χ2n) is 4.70. The Balaban J connectivity index is 0.00000220. The topological polar surface area (TPSA) is 50.8 Å². The Bertz CT molecular complexity index is 479. The number of nitrogens with zero attached hydrogens (tertiary/aromatic N) is 1. The third-order valence-electron chi connectivity index (χ3n) is 3.32. The second-order valence-corrected chi connectivity index (χ2v) is 5.11. The third-order valence-corrected chi connectivity index (χ3v) is 3.61. The van der Waals surface area contributed by atoms with Crippen LogP contribution in [0.4, 0.5) is 5.69 Å². The molecule has 21 heavy (non-hydrogen) atoms. The van der Waals surface area contributed by atoms with Gasteiger partial charge in [0.15, 0.2) is 0 Å². The maximum atomic E-state index is 12.2. The summed E-state index contributed by atoms with van der Waals surface area (Å²) < 4.78 is 10.4. The van der Waals surface area contributed by atoms with E-state index in [-0.39, 0.29) is 24.4 Å². The van der Waals surface area contributed by atoms with E-state index >= 15 is 0 Å². The van der Waals surface area contributed by atoms with E-state index in [0.717, 1.165) is 12.2 Å². The molecule has 7 heteroatoms. The number of methoxy groups -OCH3 is 1. The molecule has 0 aromatic heterocycles. The van der Waals surface area contributed by atoms with Crippen LogP contribution in [0.25, 0.3) is 0 Å². The smallest absolute Gasteiger partial charge is 0.228 e. The van der Waals surface area contributed by atoms with Crippen molar-refractivity contribution in [1.82, 2.24) is 5.32 Å². The van der Waals surface area contributed by atoms with Crippen LogP contribution in [-0.4, -0.2) is 45.9 Å². The van der Waals surface area contributed by atoms with E-state index in [4.69, 9.17) is 21.1 Å². The van der Waals surface area contributed by atoms with Gasteiger partial charge in [-0.2, -0.15) is 0 Å². The van der Waals surface area contributed by atoms with Gasteiger partial charge in [0.2, 0.25) is 5.91 Å². The lowest BCUT2D eigenvalue weighted by atomic mass is 10.1. The minimum absolute atomic E-state index is 0. The molecule has 0 saturated carbocycles. The molecule has 118 valence electrons. The highest BCUT2D eigenvalue weighted by atomic mass is 35.5. The lowest BCUT2D eigenvalue weighted by Crippen LogP contribution is -2.44. The largest absolute Gasteiger partial charge is 0.495 e. The third kappa shape index (κ3) is 4.74. The molecule has 1 atom stereocenters. The molecule has 1 unspecified atom stereocenters. The van der Waals surface area contributed by atoms with Crippen molar-refractivity contribution in [2.75, 3.05) is 38.8 Å². The molecule has 1 aromatic rings. The van der Waals surface area contributed by atoms with Crippen molar-refractivity contribution in [2.24, 2.45) is 0 Å². The Morgan fingerprint density at radius 3 is 2.90 bits per heavy atom. The van der Waals surface area contributed by atoms with Crippen LogP contribution >= 0.6 is 24.0 Å². The van der Waals surface area contributed by atoms with Crippen LogP contribution in [0.3, 0.4) is 0 Å². The molecule has 1 N–H and O–H groups in total. The summed E-state index contributed by atoms with van der Waals surface area (Å²) in [5, 5.41) is 3.76. The van der Waals surface area contributed by atoms with Gasteiger partial charge >= 0.3 is 0 Å². The minimum atomic E-state index is 0. The van der Waals surface area contributed by atoms with Crippen molar-refractivity contribution in [3.63, 3.8) is 0 Å². The van der Waals surface area contributed by atoms with E-state index < -0.39 is 0 Å². The van der Waals surface area contributed by atoms with Crippen LogP contribution in [0.5, 0.6) is 5.75 Å². The summed E-state index contributed by atoms with van der Waals surface area (Å²) in [4.78, 5) is 13.8. The van der Waals surface area contributed by atoms with Crippen molar-refractivity contribution in [1.29, 1.82) is 0 Å². The number of hydrogen-bond donors (Lipinski definition) is 1. The van der Waals surface area contributed by atoms with Crippen LogP contribution in [-0.2, 0) is 9.53 Å². The highest BCUT2D eigenvalue weighted by Gasteiger charge is 2.20. The number of benzene rings is 1. The van der Waals surface area contributed by atoms with E-state index in [9.17, 15) is 4.79 Å². The van der Waals surface area contributed by atoms with Gasteiger partial charge in [-0.3, -0.25) is 4.79 Å². The quantitative estimate of drug-likeness (QED) is 0.916. The standard InChI is InChI=1S/C14H19ClN2O3.ClH/c1-17(11-3-4-13(19-2)12(15)8-11)14(18)7-10-9-20-6-5-16-10;/h3-4,8,10,16H,5-7,9H2,1-2H3;1H. The fourth-order valence-electron chi connectivity index (χ4n) is 2.11. The monoisotopic (exact) mass is 334 g/mol. The van der Waals surface area contributed by atoms with Crippen molar-refractivity contribution >= 4 is 35.6 Å². The molecule has 0 aliphatic carbocycles. The number of rotatable bonds is 4. The zero-order chi connectivity index (χ0) is 14.5. The number of anilines is 1. The number of carbonyl (C=O) groups excluding carboxylic acids is 1. The summed E-state index contributed by atoms with van der Waals surface area (Å²) >= 11 is 6.07. The van der Waals surface area contributed by atoms with Gasteiger partial charge in [0.05, 0.1) is 25.3 Å². The first-order chi connectivity index (χ1) is 9.61. The molecule has 1 fully saturated rings. The summed E-state index contributed by atoms with van der Waals surface area (Å²) in [5.41, 5.74) is 0.748. The number of halogens is 2. The molecule has 0 radical (unpaired) electrons. The maximum Gasteiger partial charge on any atom is 0.228 e. The average molecular weight is 335 g/mol. The summed E-state index contributed by atoms with van der Waals surface area (Å²) in [6.45, 7) is 2.06. The molecule has 1 saturated heterocycles. The Kier molecular flexibility index (Phi) is 7.25. The van der Waals surface area contributed by atoms with Crippen molar-refractivity contribution < 1.29 is 14.3 Å². The van der Waals surface area contributed by atoms with E-state index in [1.54, 1.807) is 31.2 Å². The highest BCUT2D eigenvalue weighted by Crippen LogP contribution is 2.29. The molecule has 1 heterocycles. The normalized spacial score (nSPS) is 17.8. The van der Waals surface area contributed by atoms with E-state index in [1.165, 1.54) is 0 Å². The van der Waals surface area contributed by atoms with Crippen molar-refractivity contribution in [2.45, 2.75) is 12.5 Å². The van der Waals surface area contributed by atoms with Crippen molar-refractivity contribution in [3.8, 4) is 5.75 Å². The first kappa shape index (κ1) is 18.0. The lowest BCUT2D eigenvalue weighted by molar-refractivity contribution is -0.119. The van der Waals surface area contributed by atoms with Gasteiger partial charge in [-0.15, -0.1) is 12.4 Å². The Morgan fingerprint density at radius 1 is 1.57 bits per heavy atom. The van der Waals surface area contributed by atoms with Crippen LogP contribution in [0.1, 0.15) is 6.42 Å². The predicted octanol–water partition coefficient (Wildman–Crippen LogP) is 2.11. The molecule has 0 bridgehead atoms. The summed E-state index contributed by atoms with van der Waals surface area (Å²) in [6, 6.07) is 5.37. The van der Waals surface area contributed by atoms with Crippen molar-refractivity contribution in [3.05, 3.63) is 23.2 Å². The average Bonchev–Trinajstić information content (AvgIpc) is 2.47. The zero-order valence-electron chi connectivity index (χ0n) is 12.1. The van der Waals surface area contributed by atoms with Gasteiger partial charge in [-0.05, 0) is 18.2 Å². The number of amides is 1. The van der Waals surface area contributed by atoms with E-state index in [1.807, 2.05) is 6.07 Å². The molecule has 1 aromatic carbocycles. The predicted molar refractivity (Wildman–Crippen MR) is 85.9 cm³/mol. The number of morpholine rings is 1. The first-order valence-corrected chi connectivity index (χ1v) is 6.91. The number of carbonyl (C=O) groups is 1. The van der Waals surface area contributed by atoms with E-state index in [0.29, 0.717) is 30.4 Å². The Labute approximate surface area is 135 Å². The number of hydrogen-bond acceptors (Lipinski definition) is 4. The molecule has 1 aliphatic rings. The van der Waals surface area contributed by atoms with Crippen LogP contribution in [0.2, 0.25) is 5.02 Å². The summed E-state index contributed by atoms with van der Waals surface area (Å²) in [6.07, 6.45) is 0.403. The van der Waals surface area contributed by atoms with Gasteiger partial charge in [-0.1, -0.05) is 11.6 Å².